The second-order valence-electron chi connectivity index (χ2n) is 3.96. The molecule has 6 heteroatoms. The summed E-state index contributed by atoms with van der Waals surface area (Å²) in [6, 6.07) is 5.01. The molecule has 0 radical (unpaired) electrons. The summed E-state index contributed by atoms with van der Waals surface area (Å²) in [6.07, 6.45) is 0. The van der Waals surface area contributed by atoms with Crippen molar-refractivity contribution >= 4 is 11.7 Å². The maximum absolute atomic E-state index is 12.8. The van der Waals surface area contributed by atoms with Crippen LogP contribution < -0.4 is 5.01 Å². The molecule has 96 valence electrons. The fourth-order valence-electron chi connectivity index (χ4n) is 1.78. The van der Waals surface area contributed by atoms with Crippen molar-refractivity contribution in [3.8, 4) is 0 Å². The van der Waals surface area contributed by atoms with Crippen molar-refractivity contribution in [2.24, 2.45) is 10.3 Å². The lowest BCUT2D eigenvalue weighted by atomic mass is 10.1. The Morgan fingerprint density at radius 3 is 2.72 bits per heavy atom. The highest BCUT2D eigenvalue weighted by Gasteiger charge is 2.36. The van der Waals surface area contributed by atoms with Crippen molar-refractivity contribution in [3.05, 3.63) is 30.1 Å². The van der Waals surface area contributed by atoms with Gasteiger partial charge in [-0.1, -0.05) is 5.22 Å². The third kappa shape index (κ3) is 2.32. The van der Waals surface area contributed by atoms with Crippen LogP contribution in [-0.2, 0) is 9.53 Å². The van der Waals surface area contributed by atoms with Crippen molar-refractivity contribution in [1.82, 2.24) is 0 Å². The fraction of sp³-hybridized carbons (Fsp3) is 0.417. The van der Waals surface area contributed by atoms with E-state index < -0.39 is 12.0 Å². The van der Waals surface area contributed by atoms with E-state index in [9.17, 15) is 9.18 Å². The van der Waals surface area contributed by atoms with Crippen LogP contribution in [0.5, 0.6) is 0 Å². The first-order chi connectivity index (χ1) is 8.63. The van der Waals surface area contributed by atoms with E-state index in [1.165, 1.54) is 12.1 Å². The van der Waals surface area contributed by atoms with Crippen LogP contribution in [0.25, 0.3) is 0 Å². The van der Waals surface area contributed by atoms with Gasteiger partial charge >= 0.3 is 5.97 Å². The number of nitrogens with zero attached hydrogens (tertiary/aromatic N) is 3. The van der Waals surface area contributed by atoms with Crippen LogP contribution in [0.4, 0.5) is 10.1 Å². The topological polar surface area (TPSA) is 54.3 Å². The number of halogens is 1. The van der Waals surface area contributed by atoms with Gasteiger partial charge in [-0.3, -0.25) is 0 Å². The molecule has 0 amide bonds. The van der Waals surface area contributed by atoms with Gasteiger partial charge in [-0.2, -0.15) is 5.11 Å². The van der Waals surface area contributed by atoms with E-state index in [0.717, 1.165) is 0 Å². The minimum atomic E-state index is -0.630. The summed E-state index contributed by atoms with van der Waals surface area (Å²) in [7, 11) is 0. The highest BCUT2D eigenvalue weighted by Crippen LogP contribution is 2.26. The van der Waals surface area contributed by atoms with Crippen molar-refractivity contribution in [2.75, 3.05) is 11.6 Å². The lowest BCUT2D eigenvalue weighted by Gasteiger charge is -2.20. The van der Waals surface area contributed by atoms with Gasteiger partial charge in [-0.05, 0) is 38.1 Å². The first kappa shape index (κ1) is 12.5. The SMILES string of the molecule is CCOC(=O)C1N=NN(c2ccc(F)cc2)C1C. The lowest BCUT2D eigenvalue weighted by Crippen LogP contribution is -2.37. The van der Waals surface area contributed by atoms with Gasteiger partial charge in [-0.25, -0.2) is 14.2 Å². The Kier molecular flexibility index (Phi) is 3.55. The molecule has 1 aliphatic rings. The van der Waals surface area contributed by atoms with Crippen LogP contribution in [-0.4, -0.2) is 24.7 Å². The van der Waals surface area contributed by atoms with Crippen LogP contribution in [0.15, 0.2) is 34.6 Å². The summed E-state index contributed by atoms with van der Waals surface area (Å²) >= 11 is 0. The molecule has 18 heavy (non-hydrogen) atoms. The lowest BCUT2D eigenvalue weighted by molar-refractivity contribution is -0.144. The van der Waals surface area contributed by atoms with Gasteiger partial charge in [0.15, 0.2) is 6.04 Å². The zero-order chi connectivity index (χ0) is 13.1. The summed E-state index contributed by atoms with van der Waals surface area (Å²) in [5.74, 6) is -0.706. The Balaban J connectivity index is 2.12. The summed E-state index contributed by atoms with van der Waals surface area (Å²) in [5, 5.41) is 9.42. The molecular weight excluding hydrogens is 237 g/mol. The highest BCUT2D eigenvalue weighted by atomic mass is 19.1. The zero-order valence-corrected chi connectivity index (χ0v) is 10.2. The van der Waals surface area contributed by atoms with Gasteiger partial charge < -0.3 is 4.74 Å². The molecule has 1 heterocycles. The summed E-state index contributed by atoms with van der Waals surface area (Å²) in [5.41, 5.74) is 0.694. The summed E-state index contributed by atoms with van der Waals surface area (Å²) in [6.45, 7) is 3.88. The minimum Gasteiger partial charge on any atom is -0.464 e. The second-order valence-corrected chi connectivity index (χ2v) is 3.96. The van der Waals surface area contributed by atoms with Gasteiger partial charge in [0.1, 0.15) is 5.82 Å². The molecule has 0 spiro atoms. The van der Waals surface area contributed by atoms with Crippen molar-refractivity contribution in [1.29, 1.82) is 0 Å². The largest absolute Gasteiger partial charge is 0.464 e. The van der Waals surface area contributed by atoms with Gasteiger partial charge in [0.25, 0.3) is 0 Å². The molecule has 0 saturated carbocycles. The Bertz CT molecular complexity index is 461. The predicted octanol–water partition coefficient (Wildman–Crippen LogP) is 2.33. The van der Waals surface area contributed by atoms with E-state index in [4.69, 9.17) is 4.74 Å². The number of benzene rings is 1. The van der Waals surface area contributed by atoms with Crippen LogP contribution in [0.3, 0.4) is 0 Å². The molecule has 0 saturated heterocycles. The van der Waals surface area contributed by atoms with Crippen molar-refractivity contribution in [2.45, 2.75) is 25.9 Å². The molecule has 0 aromatic heterocycles. The molecular formula is C12H14FN3O2. The third-order valence-corrected chi connectivity index (χ3v) is 2.73. The molecule has 0 bridgehead atoms. The molecule has 0 N–H and O–H groups in total. The summed E-state index contributed by atoms with van der Waals surface area (Å²) < 4.78 is 17.7. The number of esters is 1. The molecule has 2 rings (SSSR count). The minimum absolute atomic E-state index is 0.241. The number of rotatable bonds is 3. The Hall–Kier alpha value is -1.98. The maximum Gasteiger partial charge on any atom is 0.335 e. The number of carbonyl (C=O) groups excluding carboxylic acids is 1. The van der Waals surface area contributed by atoms with E-state index in [1.807, 2.05) is 6.92 Å². The second kappa shape index (κ2) is 5.12. The third-order valence-electron chi connectivity index (χ3n) is 2.73. The average Bonchev–Trinajstić information content (AvgIpc) is 2.73. The fourth-order valence-corrected chi connectivity index (χ4v) is 1.78. The molecule has 1 aliphatic heterocycles. The molecule has 1 aromatic carbocycles. The molecule has 0 fully saturated rings. The number of ether oxygens (including phenoxy) is 1. The Morgan fingerprint density at radius 1 is 1.44 bits per heavy atom. The van der Waals surface area contributed by atoms with E-state index >= 15 is 0 Å². The first-order valence-electron chi connectivity index (χ1n) is 5.75. The van der Waals surface area contributed by atoms with Crippen LogP contribution in [0.1, 0.15) is 13.8 Å². The maximum atomic E-state index is 12.8. The van der Waals surface area contributed by atoms with Crippen molar-refractivity contribution in [3.63, 3.8) is 0 Å². The molecule has 1 aromatic rings. The first-order valence-corrected chi connectivity index (χ1v) is 5.75. The van der Waals surface area contributed by atoms with Gasteiger partial charge in [-0.15, -0.1) is 0 Å². The molecule has 5 nitrogen and oxygen atoms in total. The average molecular weight is 251 g/mol. The smallest absolute Gasteiger partial charge is 0.335 e. The Labute approximate surface area is 104 Å². The standard InChI is InChI=1S/C12H14FN3O2/c1-3-18-12(17)11-8(2)16(15-14-11)10-6-4-9(13)5-7-10/h4-8,11H,3H2,1-2H3. The number of carbonyl (C=O) groups is 1. The van der Waals surface area contributed by atoms with E-state index in [0.29, 0.717) is 12.3 Å². The van der Waals surface area contributed by atoms with E-state index in [-0.39, 0.29) is 11.9 Å². The number of hydrogen-bond acceptors (Lipinski definition) is 5. The van der Waals surface area contributed by atoms with Crippen LogP contribution >= 0.6 is 0 Å². The van der Waals surface area contributed by atoms with E-state index in [1.54, 1.807) is 24.1 Å². The zero-order valence-electron chi connectivity index (χ0n) is 10.2. The van der Waals surface area contributed by atoms with Gasteiger partial charge in [0, 0.05) is 0 Å². The quantitative estimate of drug-likeness (QED) is 0.775. The summed E-state index contributed by atoms with van der Waals surface area (Å²) in [4.78, 5) is 11.6. The molecule has 2 atom stereocenters. The van der Waals surface area contributed by atoms with Crippen LogP contribution in [0.2, 0.25) is 0 Å². The predicted molar refractivity (Wildman–Crippen MR) is 63.6 cm³/mol. The van der Waals surface area contributed by atoms with E-state index in [2.05, 4.69) is 10.3 Å². The highest BCUT2D eigenvalue weighted by molar-refractivity contribution is 5.78. The Morgan fingerprint density at radius 2 is 2.11 bits per heavy atom. The molecule has 0 aliphatic carbocycles. The van der Waals surface area contributed by atoms with Gasteiger partial charge in [0.2, 0.25) is 0 Å². The molecule has 2 unspecified atom stereocenters. The van der Waals surface area contributed by atoms with Gasteiger partial charge in [0.05, 0.1) is 18.3 Å². The monoisotopic (exact) mass is 251 g/mol. The van der Waals surface area contributed by atoms with Crippen molar-refractivity contribution < 1.29 is 13.9 Å². The van der Waals surface area contributed by atoms with Crippen LogP contribution in [0, 0.1) is 5.82 Å². The normalized spacial score (nSPS) is 22.3. The number of anilines is 1. The number of hydrogen-bond donors (Lipinski definition) is 0.